The van der Waals surface area contributed by atoms with Crippen LogP contribution in [0.3, 0.4) is 0 Å². The molecule has 23 heavy (non-hydrogen) atoms. The number of rotatable bonds is 6. The van der Waals surface area contributed by atoms with Gasteiger partial charge >= 0.3 is 0 Å². The van der Waals surface area contributed by atoms with E-state index in [4.69, 9.17) is 4.74 Å². The van der Waals surface area contributed by atoms with Gasteiger partial charge in [-0.3, -0.25) is 4.79 Å². The van der Waals surface area contributed by atoms with Crippen LogP contribution in [-0.4, -0.2) is 17.5 Å². The van der Waals surface area contributed by atoms with E-state index in [0.29, 0.717) is 13.2 Å². The van der Waals surface area contributed by atoms with Crippen molar-refractivity contribution in [3.8, 4) is 0 Å². The molecule has 0 radical (unpaired) electrons. The van der Waals surface area contributed by atoms with E-state index in [-0.39, 0.29) is 11.9 Å². The summed E-state index contributed by atoms with van der Waals surface area (Å²) in [6.45, 7) is 2.48. The van der Waals surface area contributed by atoms with Gasteiger partial charge in [0.15, 0.2) is 0 Å². The minimum Gasteiger partial charge on any atom is -0.374 e. The number of nitrogens with one attached hydrogen (secondary N) is 2. The Balaban J connectivity index is 1.74. The molecular formula is C19H20N2O2. The van der Waals surface area contributed by atoms with Crippen LogP contribution in [0.1, 0.15) is 24.1 Å². The number of benzene rings is 2. The predicted molar refractivity (Wildman–Crippen MR) is 91.0 cm³/mol. The molecule has 118 valence electrons. The predicted octanol–water partition coefficient (Wildman–Crippen LogP) is 3.56. The molecule has 0 fully saturated rings. The fourth-order valence-corrected chi connectivity index (χ4v) is 2.71. The van der Waals surface area contributed by atoms with Crippen molar-refractivity contribution in [2.24, 2.45) is 0 Å². The van der Waals surface area contributed by atoms with E-state index in [9.17, 15) is 4.79 Å². The number of hydrogen-bond donors (Lipinski definition) is 2. The van der Waals surface area contributed by atoms with Crippen LogP contribution in [0.5, 0.6) is 0 Å². The maximum atomic E-state index is 11.5. The molecule has 3 rings (SSSR count). The summed E-state index contributed by atoms with van der Waals surface area (Å²) in [7, 11) is 0. The monoisotopic (exact) mass is 308 g/mol. The van der Waals surface area contributed by atoms with Crippen molar-refractivity contribution in [1.29, 1.82) is 0 Å². The molecule has 1 atom stereocenters. The van der Waals surface area contributed by atoms with Crippen LogP contribution in [0.25, 0.3) is 10.9 Å². The Morgan fingerprint density at radius 2 is 1.87 bits per heavy atom. The van der Waals surface area contributed by atoms with E-state index >= 15 is 0 Å². The number of carbonyl (C=O) groups excluding carboxylic acids is 1. The molecular weight excluding hydrogens is 288 g/mol. The largest absolute Gasteiger partial charge is 0.374 e. The van der Waals surface area contributed by atoms with Crippen molar-refractivity contribution in [1.82, 2.24) is 10.3 Å². The fraction of sp³-hybridized carbons (Fsp3) is 0.211. The molecule has 0 bridgehead atoms. The van der Waals surface area contributed by atoms with Crippen LogP contribution < -0.4 is 5.32 Å². The van der Waals surface area contributed by atoms with Gasteiger partial charge in [0, 0.05) is 29.6 Å². The zero-order valence-corrected chi connectivity index (χ0v) is 13.1. The van der Waals surface area contributed by atoms with E-state index in [1.54, 1.807) is 0 Å². The lowest BCUT2D eigenvalue weighted by molar-refractivity contribution is -0.120. The molecule has 1 unspecified atom stereocenters. The number of fused-ring (bicyclic) bond motifs is 1. The maximum absolute atomic E-state index is 11.5. The number of carbonyl (C=O) groups is 1. The van der Waals surface area contributed by atoms with Gasteiger partial charge in [0.2, 0.25) is 5.91 Å². The smallest absolute Gasteiger partial charge is 0.217 e. The molecule has 0 saturated heterocycles. The lowest BCUT2D eigenvalue weighted by Gasteiger charge is -2.18. The Labute approximate surface area is 135 Å². The molecule has 0 spiro atoms. The van der Waals surface area contributed by atoms with Gasteiger partial charge in [-0.1, -0.05) is 48.5 Å². The summed E-state index contributed by atoms with van der Waals surface area (Å²) in [5.74, 6) is -0.0661. The normalized spacial score (nSPS) is 12.2. The second kappa shape index (κ2) is 7.11. The van der Waals surface area contributed by atoms with Crippen LogP contribution in [0, 0.1) is 0 Å². The Morgan fingerprint density at radius 1 is 1.13 bits per heavy atom. The summed E-state index contributed by atoms with van der Waals surface area (Å²) < 4.78 is 5.83. The quantitative estimate of drug-likeness (QED) is 0.731. The van der Waals surface area contributed by atoms with Gasteiger partial charge in [-0.2, -0.15) is 0 Å². The first kappa shape index (κ1) is 15.3. The molecule has 4 heteroatoms. The van der Waals surface area contributed by atoms with Gasteiger partial charge < -0.3 is 15.0 Å². The van der Waals surface area contributed by atoms with Gasteiger partial charge in [0.05, 0.1) is 19.3 Å². The third-order valence-corrected chi connectivity index (χ3v) is 3.77. The average molecular weight is 308 g/mol. The maximum Gasteiger partial charge on any atom is 0.217 e. The Hall–Kier alpha value is -2.59. The van der Waals surface area contributed by atoms with Crippen molar-refractivity contribution >= 4 is 16.8 Å². The second-order valence-electron chi connectivity index (χ2n) is 5.54. The molecule has 0 aliphatic rings. The molecule has 4 nitrogen and oxygen atoms in total. The van der Waals surface area contributed by atoms with E-state index in [0.717, 1.165) is 22.0 Å². The molecule has 1 aromatic heterocycles. The first-order valence-corrected chi connectivity index (χ1v) is 7.69. The van der Waals surface area contributed by atoms with Gasteiger partial charge in [0.25, 0.3) is 0 Å². The highest BCUT2D eigenvalue weighted by Gasteiger charge is 2.17. The first-order valence-electron chi connectivity index (χ1n) is 7.69. The summed E-state index contributed by atoms with van der Waals surface area (Å²) in [6, 6.07) is 17.9. The van der Waals surface area contributed by atoms with Crippen LogP contribution in [0.15, 0.2) is 60.8 Å². The Morgan fingerprint density at radius 3 is 2.65 bits per heavy atom. The summed E-state index contributed by atoms with van der Waals surface area (Å²) in [5.41, 5.74) is 3.22. The zero-order chi connectivity index (χ0) is 16.1. The van der Waals surface area contributed by atoms with E-state index in [2.05, 4.69) is 10.3 Å². The minimum atomic E-state index is -0.174. The SMILES string of the molecule is CC(=O)NC(COCc1ccccc1)c1c[nH]c2ccccc12. The van der Waals surface area contributed by atoms with Crippen molar-refractivity contribution in [2.45, 2.75) is 19.6 Å². The fourth-order valence-electron chi connectivity index (χ4n) is 2.71. The summed E-state index contributed by atoms with van der Waals surface area (Å²) in [4.78, 5) is 14.8. The van der Waals surface area contributed by atoms with Gasteiger partial charge in [0.1, 0.15) is 0 Å². The molecule has 2 N–H and O–H groups in total. The number of ether oxygens (including phenoxy) is 1. The third kappa shape index (κ3) is 3.79. The summed E-state index contributed by atoms with van der Waals surface area (Å²) in [5, 5.41) is 4.08. The number of hydrogen-bond acceptors (Lipinski definition) is 2. The number of aromatic nitrogens is 1. The lowest BCUT2D eigenvalue weighted by Crippen LogP contribution is -2.29. The highest BCUT2D eigenvalue weighted by Crippen LogP contribution is 2.24. The van der Waals surface area contributed by atoms with Crippen LogP contribution >= 0.6 is 0 Å². The van der Waals surface area contributed by atoms with E-state index < -0.39 is 0 Å². The number of aromatic amines is 1. The van der Waals surface area contributed by atoms with Crippen molar-refractivity contribution in [2.75, 3.05) is 6.61 Å². The molecule has 0 saturated carbocycles. The molecule has 0 aliphatic heterocycles. The topological polar surface area (TPSA) is 54.1 Å². The number of amides is 1. The molecule has 0 aliphatic carbocycles. The highest BCUT2D eigenvalue weighted by atomic mass is 16.5. The van der Waals surface area contributed by atoms with E-state index in [1.165, 1.54) is 6.92 Å². The molecule has 1 heterocycles. The first-order chi connectivity index (χ1) is 11.2. The summed E-state index contributed by atoms with van der Waals surface area (Å²) >= 11 is 0. The highest BCUT2D eigenvalue weighted by molar-refractivity contribution is 5.84. The Kier molecular flexibility index (Phi) is 4.74. The van der Waals surface area contributed by atoms with Crippen molar-refractivity contribution in [3.63, 3.8) is 0 Å². The Bertz CT molecular complexity index is 780. The van der Waals surface area contributed by atoms with Gasteiger partial charge in [-0.25, -0.2) is 0 Å². The van der Waals surface area contributed by atoms with Crippen LogP contribution in [-0.2, 0) is 16.1 Å². The van der Waals surface area contributed by atoms with Crippen LogP contribution in [0.2, 0.25) is 0 Å². The third-order valence-electron chi connectivity index (χ3n) is 3.77. The number of H-pyrrole nitrogens is 1. The zero-order valence-electron chi connectivity index (χ0n) is 13.1. The van der Waals surface area contributed by atoms with Crippen LogP contribution in [0.4, 0.5) is 0 Å². The van der Waals surface area contributed by atoms with Gasteiger partial charge in [-0.05, 0) is 11.6 Å². The van der Waals surface area contributed by atoms with Gasteiger partial charge in [-0.15, -0.1) is 0 Å². The average Bonchev–Trinajstić information content (AvgIpc) is 2.98. The van der Waals surface area contributed by atoms with Crippen molar-refractivity contribution < 1.29 is 9.53 Å². The molecule has 1 amide bonds. The summed E-state index contributed by atoms with van der Waals surface area (Å²) in [6.07, 6.45) is 1.94. The van der Waals surface area contributed by atoms with E-state index in [1.807, 2.05) is 60.8 Å². The molecule has 2 aromatic carbocycles. The second-order valence-corrected chi connectivity index (χ2v) is 5.54. The van der Waals surface area contributed by atoms with Crippen molar-refractivity contribution in [3.05, 3.63) is 71.9 Å². The molecule has 3 aromatic rings. The number of para-hydroxylation sites is 1. The lowest BCUT2D eigenvalue weighted by atomic mass is 10.1. The standard InChI is InChI=1S/C19H20N2O2/c1-14(22)21-19(13-23-12-15-7-3-2-4-8-15)17-11-20-18-10-6-5-9-16(17)18/h2-11,19-20H,12-13H2,1H3,(H,21,22). The minimum absolute atomic E-state index is 0.0661.